The molecule has 0 fully saturated rings. The Hall–Kier alpha value is -2.73. The summed E-state index contributed by atoms with van der Waals surface area (Å²) in [5.74, 6) is 1.71. The summed E-state index contributed by atoms with van der Waals surface area (Å²) < 4.78 is 10.1. The Bertz CT molecular complexity index is 887. The maximum atomic E-state index is 12.0. The van der Waals surface area contributed by atoms with Crippen LogP contribution in [-0.4, -0.2) is 21.8 Å². The van der Waals surface area contributed by atoms with Gasteiger partial charge in [-0.25, -0.2) is 0 Å². The lowest BCUT2D eigenvalue weighted by atomic mass is 10.1. The Kier molecular flexibility index (Phi) is 6.19. The van der Waals surface area contributed by atoms with Gasteiger partial charge in [0.1, 0.15) is 5.75 Å². The first kappa shape index (κ1) is 19.0. The predicted molar refractivity (Wildman–Crippen MR) is 108 cm³/mol. The van der Waals surface area contributed by atoms with Gasteiger partial charge in [0.05, 0.1) is 0 Å². The predicted octanol–water partition coefficient (Wildman–Crippen LogP) is 4.62. The summed E-state index contributed by atoms with van der Waals surface area (Å²) >= 11 is 1.23. The molecular weight excluding hydrogens is 358 g/mol. The largest absolute Gasteiger partial charge is 0.430 e. The molecule has 140 valence electrons. The molecule has 0 radical (unpaired) electrons. The standard InChI is InChI=1S/C21H23N3O2S/c1-14(2)13-22-20(25)17-8-10-18(11-9-17)26-21-23-19(24-27-21)12-16-6-4-15(3)5-7-16/h4-11,14H,12-13H2,1-3H3,(H,22,25). The zero-order valence-electron chi connectivity index (χ0n) is 15.7. The van der Waals surface area contributed by atoms with Gasteiger partial charge in [-0.3, -0.25) is 4.79 Å². The smallest absolute Gasteiger partial charge is 0.298 e. The summed E-state index contributed by atoms with van der Waals surface area (Å²) in [7, 11) is 0. The molecule has 0 unspecified atom stereocenters. The monoisotopic (exact) mass is 381 g/mol. The summed E-state index contributed by atoms with van der Waals surface area (Å²) in [6.07, 6.45) is 0.676. The number of carbonyl (C=O) groups is 1. The maximum Gasteiger partial charge on any atom is 0.298 e. The van der Waals surface area contributed by atoms with E-state index in [1.54, 1.807) is 24.3 Å². The van der Waals surface area contributed by atoms with Crippen LogP contribution in [0.4, 0.5) is 0 Å². The number of hydrogen-bond acceptors (Lipinski definition) is 5. The fourth-order valence-electron chi connectivity index (χ4n) is 2.41. The Labute approximate surface area is 163 Å². The summed E-state index contributed by atoms with van der Waals surface area (Å²) in [6, 6.07) is 15.4. The third-order valence-corrected chi connectivity index (χ3v) is 4.56. The molecule has 1 heterocycles. The van der Waals surface area contributed by atoms with Crippen molar-refractivity contribution in [2.24, 2.45) is 5.92 Å². The molecule has 3 rings (SSSR count). The summed E-state index contributed by atoms with van der Waals surface area (Å²) in [6.45, 7) is 6.85. The van der Waals surface area contributed by atoms with E-state index in [9.17, 15) is 4.79 Å². The molecule has 0 saturated carbocycles. The summed E-state index contributed by atoms with van der Waals surface area (Å²) in [4.78, 5) is 16.5. The number of aryl methyl sites for hydroxylation is 1. The van der Waals surface area contributed by atoms with E-state index < -0.39 is 0 Å². The molecule has 2 aromatic carbocycles. The highest BCUT2D eigenvalue weighted by Gasteiger charge is 2.09. The van der Waals surface area contributed by atoms with E-state index in [0.29, 0.717) is 35.4 Å². The van der Waals surface area contributed by atoms with Crippen molar-refractivity contribution in [1.29, 1.82) is 0 Å². The lowest BCUT2D eigenvalue weighted by molar-refractivity contribution is 0.0949. The van der Waals surface area contributed by atoms with Gasteiger partial charge >= 0.3 is 0 Å². The lowest BCUT2D eigenvalue weighted by Crippen LogP contribution is -2.27. The highest BCUT2D eigenvalue weighted by Crippen LogP contribution is 2.24. The topological polar surface area (TPSA) is 64.1 Å². The van der Waals surface area contributed by atoms with Crippen LogP contribution in [0.2, 0.25) is 0 Å². The van der Waals surface area contributed by atoms with E-state index in [0.717, 1.165) is 5.82 Å². The molecule has 27 heavy (non-hydrogen) atoms. The van der Waals surface area contributed by atoms with Crippen LogP contribution in [0.15, 0.2) is 48.5 Å². The van der Waals surface area contributed by atoms with Gasteiger partial charge in [0.15, 0.2) is 5.82 Å². The minimum absolute atomic E-state index is 0.0773. The lowest BCUT2D eigenvalue weighted by Gasteiger charge is -2.08. The van der Waals surface area contributed by atoms with Crippen molar-refractivity contribution in [3.63, 3.8) is 0 Å². The molecule has 0 aliphatic rings. The first-order valence-corrected chi connectivity index (χ1v) is 9.71. The minimum Gasteiger partial charge on any atom is -0.430 e. The third kappa shape index (κ3) is 5.62. The van der Waals surface area contributed by atoms with E-state index in [2.05, 4.69) is 59.7 Å². The van der Waals surface area contributed by atoms with Crippen LogP contribution in [0.3, 0.4) is 0 Å². The number of ether oxygens (including phenoxy) is 1. The number of benzene rings is 2. The van der Waals surface area contributed by atoms with Crippen molar-refractivity contribution in [2.75, 3.05) is 6.54 Å². The van der Waals surface area contributed by atoms with Gasteiger partial charge < -0.3 is 10.1 Å². The first-order chi connectivity index (χ1) is 13.0. The third-order valence-electron chi connectivity index (χ3n) is 3.92. The van der Waals surface area contributed by atoms with Crippen LogP contribution >= 0.6 is 11.5 Å². The molecular formula is C21H23N3O2S. The summed E-state index contributed by atoms with van der Waals surface area (Å²) in [5.41, 5.74) is 3.01. The SMILES string of the molecule is Cc1ccc(Cc2nsc(Oc3ccc(C(=O)NCC(C)C)cc3)n2)cc1. The molecule has 0 spiro atoms. The van der Waals surface area contributed by atoms with Gasteiger partial charge in [0, 0.05) is 30.1 Å². The van der Waals surface area contributed by atoms with Crippen LogP contribution < -0.4 is 10.1 Å². The highest BCUT2D eigenvalue weighted by atomic mass is 32.1. The van der Waals surface area contributed by atoms with E-state index >= 15 is 0 Å². The second kappa shape index (κ2) is 8.77. The van der Waals surface area contributed by atoms with Crippen LogP contribution in [0, 0.1) is 12.8 Å². The van der Waals surface area contributed by atoms with Gasteiger partial charge in [-0.1, -0.05) is 43.7 Å². The Balaban J connectivity index is 1.58. The van der Waals surface area contributed by atoms with E-state index in [1.165, 1.54) is 22.7 Å². The zero-order valence-corrected chi connectivity index (χ0v) is 16.5. The van der Waals surface area contributed by atoms with Crippen LogP contribution in [0.5, 0.6) is 10.9 Å². The Morgan fingerprint density at radius 2 is 1.81 bits per heavy atom. The van der Waals surface area contributed by atoms with E-state index in [4.69, 9.17) is 4.74 Å². The average Bonchev–Trinajstić information content (AvgIpc) is 3.09. The molecule has 0 atom stereocenters. The molecule has 0 saturated heterocycles. The first-order valence-electron chi connectivity index (χ1n) is 8.94. The van der Waals surface area contributed by atoms with Crippen LogP contribution in [-0.2, 0) is 6.42 Å². The highest BCUT2D eigenvalue weighted by molar-refractivity contribution is 7.07. The molecule has 1 amide bonds. The molecule has 1 N–H and O–H groups in total. The molecule has 0 aliphatic carbocycles. The molecule has 6 heteroatoms. The van der Waals surface area contributed by atoms with Gasteiger partial charge in [-0.15, -0.1) is 0 Å². The molecule has 0 bridgehead atoms. The van der Waals surface area contributed by atoms with Crippen molar-refractivity contribution in [2.45, 2.75) is 27.2 Å². The second-order valence-electron chi connectivity index (χ2n) is 6.87. The number of rotatable bonds is 7. The van der Waals surface area contributed by atoms with Crippen molar-refractivity contribution in [3.05, 3.63) is 71.0 Å². The fourth-order valence-corrected chi connectivity index (χ4v) is 2.98. The zero-order chi connectivity index (χ0) is 19.2. The quantitative estimate of drug-likeness (QED) is 0.649. The second-order valence-corrected chi connectivity index (χ2v) is 7.58. The maximum absolute atomic E-state index is 12.0. The number of aromatic nitrogens is 2. The molecule has 5 nitrogen and oxygen atoms in total. The van der Waals surface area contributed by atoms with Gasteiger partial charge in [-0.2, -0.15) is 9.36 Å². The normalized spacial score (nSPS) is 10.8. The number of nitrogens with one attached hydrogen (secondary N) is 1. The number of carbonyl (C=O) groups excluding carboxylic acids is 1. The average molecular weight is 382 g/mol. The van der Waals surface area contributed by atoms with E-state index in [1.807, 2.05) is 0 Å². The van der Waals surface area contributed by atoms with Gasteiger partial charge in [0.25, 0.3) is 11.1 Å². The number of nitrogens with zero attached hydrogens (tertiary/aromatic N) is 2. The Morgan fingerprint density at radius 3 is 2.48 bits per heavy atom. The number of hydrogen-bond donors (Lipinski definition) is 1. The molecule has 3 aromatic rings. The van der Waals surface area contributed by atoms with Crippen molar-refractivity contribution >= 4 is 17.4 Å². The van der Waals surface area contributed by atoms with Crippen LogP contribution in [0.25, 0.3) is 0 Å². The molecule has 1 aromatic heterocycles. The Morgan fingerprint density at radius 1 is 1.11 bits per heavy atom. The minimum atomic E-state index is -0.0773. The number of amides is 1. The van der Waals surface area contributed by atoms with Gasteiger partial charge in [-0.05, 0) is 42.7 Å². The fraction of sp³-hybridized carbons (Fsp3) is 0.286. The van der Waals surface area contributed by atoms with Crippen LogP contribution in [0.1, 0.15) is 41.2 Å². The summed E-state index contributed by atoms with van der Waals surface area (Å²) in [5, 5.41) is 3.39. The van der Waals surface area contributed by atoms with Crippen molar-refractivity contribution in [1.82, 2.24) is 14.7 Å². The van der Waals surface area contributed by atoms with E-state index in [-0.39, 0.29) is 5.91 Å². The molecule has 0 aliphatic heterocycles. The van der Waals surface area contributed by atoms with Gasteiger partial charge in [0.2, 0.25) is 0 Å². The van der Waals surface area contributed by atoms with Crippen molar-refractivity contribution in [3.8, 4) is 10.9 Å². The van der Waals surface area contributed by atoms with Crippen molar-refractivity contribution < 1.29 is 9.53 Å².